The van der Waals surface area contributed by atoms with Crippen LogP contribution in [0.25, 0.3) is 0 Å². The minimum absolute atomic E-state index is 0.0933. The molecule has 1 aromatic carbocycles. The first-order valence-electron chi connectivity index (χ1n) is 8.41. The van der Waals surface area contributed by atoms with Gasteiger partial charge in [0.25, 0.3) is 0 Å². The fourth-order valence-corrected chi connectivity index (χ4v) is 3.46. The molecule has 1 saturated carbocycles. The molecule has 0 bridgehead atoms. The maximum atomic E-state index is 11.7. The van der Waals surface area contributed by atoms with Crippen molar-refractivity contribution in [2.75, 3.05) is 19.9 Å². The van der Waals surface area contributed by atoms with Crippen molar-refractivity contribution in [3.05, 3.63) is 35.9 Å². The van der Waals surface area contributed by atoms with Gasteiger partial charge in [-0.15, -0.1) is 0 Å². The maximum absolute atomic E-state index is 11.7. The summed E-state index contributed by atoms with van der Waals surface area (Å²) in [6.07, 6.45) is 6.55. The van der Waals surface area contributed by atoms with Gasteiger partial charge in [0, 0.05) is 13.1 Å². The molecule has 4 nitrogen and oxygen atoms in total. The molecule has 1 saturated heterocycles. The Bertz CT molecular complexity index is 462. The van der Waals surface area contributed by atoms with E-state index < -0.39 is 0 Å². The van der Waals surface area contributed by atoms with E-state index in [-0.39, 0.29) is 19.0 Å². The van der Waals surface area contributed by atoms with Gasteiger partial charge < -0.3 is 14.4 Å². The highest BCUT2D eigenvalue weighted by Crippen LogP contribution is 2.33. The molecule has 0 unspecified atom stereocenters. The average molecular weight is 303 g/mol. The number of rotatable bonds is 4. The molecule has 4 heteroatoms. The summed E-state index contributed by atoms with van der Waals surface area (Å²) < 4.78 is 10.9. The normalized spacial score (nSPS) is 25.2. The van der Waals surface area contributed by atoms with Crippen LogP contribution in [-0.4, -0.2) is 37.0 Å². The number of carbonyl (C=O) groups is 1. The van der Waals surface area contributed by atoms with E-state index >= 15 is 0 Å². The molecule has 1 amide bonds. The van der Waals surface area contributed by atoms with Gasteiger partial charge in [0.05, 0.1) is 6.10 Å². The third kappa shape index (κ3) is 4.01. The molecule has 1 aliphatic carbocycles. The molecule has 0 spiro atoms. The molecule has 2 aliphatic rings. The summed E-state index contributed by atoms with van der Waals surface area (Å²) in [5, 5.41) is 0. The molecule has 1 aliphatic heterocycles. The Morgan fingerprint density at radius 2 is 1.73 bits per heavy atom. The largest absolute Gasteiger partial charge is 0.422 e. The standard InChI is InChI=1S/C18H25NO3/c20-18(19-12-4-5-13-19)22-14-21-17-10-8-16(9-11-17)15-6-2-1-3-7-15/h1-3,6-7,16-17H,4-5,8-14H2/t16-,17+. The number of ether oxygens (including phenoxy) is 2. The summed E-state index contributed by atoms with van der Waals surface area (Å²) >= 11 is 0. The maximum Gasteiger partial charge on any atom is 0.411 e. The highest BCUT2D eigenvalue weighted by molar-refractivity contribution is 5.67. The zero-order valence-corrected chi connectivity index (χ0v) is 13.1. The molecule has 2 fully saturated rings. The second-order valence-electron chi connectivity index (χ2n) is 6.27. The van der Waals surface area contributed by atoms with Gasteiger partial charge >= 0.3 is 6.09 Å². The van der Waals surface area contributed by atoms with Crippen LogP contribution in [-0.2, 0) is 9.47 Å². The fraction of sp³-hybridized carbons (Fsp3) is 0.611. The number of carbonyl (C=O) groups excluding carboxylic acids is 1. The average Bonchev–Trinajstić information content (AvgIpc) is 3.11. The van der Waals surface area contributed by atoms with Crippen LogP contribution in [0, 0.1) is 0 Å². The minimum atomic E-state index is -0.226. The number of nitrogens with zero attached hydrogens (tertiary/aromatic N) is 1. The Labute approximate surface area is 132 Å². The van der Waals surface area contributed by atoms with E-state index in [1.165, 1.54) is 5.56 Å². The lowest BCUT2D eigenvalue weighted by Crippen LogP contribution is -2.30. The molecule has 0 aromatic heterocycles. The first-order chi connectivity index (χ1) is 10.8. The van der Waals surface area contributed by atoms with Crippen molar-refractivity contribution in [1.29, 1.82) is 0 Å². The van der Waals surface area contributed by atoms with Crippen LogP contribution in [0.3, 0.4) is 0 Å². The van der Waals surface area contributed by atoms with Gasteiger partial charge in [0.15, 0.2) is 6.79 Å². The van der Waals surface area contributed by atoms with Gasteiger partial charge in [0.1, 0.15) is 0 Å². The van der Waals surface area contributed by atoms with Crippen molar-refractivity contribution in [3.8, 4) is 0 Å². The van der Waals surface area contributed by atoms with E-state index in [1.54, 1.807) is 4.90 Å². The molecule has 22 heavy (non-hydrogen) atoms. The predicted octanol–water partition coefficient (Wildman–Crippen LogP) is 3.92. The van der Waals surface area contributed by atoms with Crippen molar-refractivity contribution in [2.24, 2.45) is 0 Å². The summed E-state index contributed by atoms with van der Waals surface area (Å²) in [5.74, 6) is 0.646. The molecule has 0 atom stereocenters. The summed E-state index contributed by atoms with van der Waals surface area (Å²) in [4.78, 5) is 13.5. The molecule has 120 valence electrons. The SMILES string of the molecule is O=C(OCO[C@H]1CC[C@@H](c2ccccc2)CC1)N1CCCC1. The van der Waals surface area contributed by atoms with Gasteiger partial charge in [-0.1, -0.05) is 30.3 Å². The molecular formula is C18H25NO3. The van der Waals surface area contributed by atoms with Crippen LogP contribution in [0.5, 0.6) is 0 Å². The highest BCUT2D eigenvalue weighted by Gasteiger charge is 2.24. The monoisotopic (exact) mass is 303 g/mol. The topological polar surface area (TPSA) is 38.8 Å². The van der Waals surface area contributed by atoms with Crippen molar-refractivity contribution in [1.82, 2.24) is 4.90 Å². The smallest absolute Gasteiger partial charge is 0.411 e. The summed E-state index contributed by atoms with van der Waals surface area (Å²) in [6.45, 7) is 1.73. The Morgan fingerprint density at radius 1 is 1.05 bits per heavy atom. The lowest BCUT2D eigenvalue weighted by Gasteiger charge is -2.28. The lowest BCUT2D eigenvalue weighted by atomic mass is 9.83. The van der Waals surface area contributed by atoms with Gasteiger partial charge in [-0.3, -0.25) is 0 Å². The number of hydrogen-bond donors (Lipinski definition) is 0. The van der Waals surface area contributed by atoms with Crippen LogP contribution in [0.15, 0.2) is 30.3 Å². The van der Waals surface area contributed by atoms with Gasteiger partial charge in [-0.2, -0.15) is 0 Å². The number of benzene rings is 1. The third-order valence-corrected chi connectivity index (χ3v) is 4.80. The number of likely N-dealkylation sites (tertiary alicyclic amines) is 1. The van der Waals surface area contributed by atoms with Crippen LogP contribution in [0.2, 0.25) is 0 Å². The van der Waals surface area contributed by atoms with E-state index in [9.17, 15) is 4.79 Å². The fourth-order valence-electron chi connectivity index (χ4n) is 3.46. The molecular weight excluding hydrogens is 278 g/mol. The molecule has 1 aromatic rings. The van der Waals surface area contributed by atoms with Crippen LogP contribution in [0.1, 0.15) is 50.0 Å². The quantitative estimate of drug-likeness (QED) is 0.791. The van der Waals surface area contributed by atoms with E-state index in [0.29, 0.717) is 5.92 Å². The second kappa shape index (κ2) is 7.63. The van der Waals surface area contributed by atoms with E-state index in [4.69, 9.17) is 9.47 Å². The van der Waals surface area contributed by atoms with E-state index in [0.717, 1.165) is 51.6 Å². The Kier molecular flexibility index (Phi) is 5.33. The third-order valence-electron chi connectivity index (χ3n) is 4.80. The second-order valence-corrected chi connectivity index (χ2v) is 6.27. The first kappa shape index (κ1) is 15.3. The van der Waals surface area contributed by atoms with Crippen LogP contribution in [0.4, 0.5) is 4.79 Å². The molecule has 0 N–H and O–H groups in total. The van der Waals surface area contributed by atoms with Crippen molar-refractivity contribution < 1.29 is 14.3 Å². The number of hydrogen-bond acceptors (Lipinski definition) is 3. The Hall–Kier alpha value is -1.55. The molecule has 3 rings (SSSR count). The van der Waals surface area contributed by atoms with Gasteiger partial charge in [-0.05, 0) is 50.0 Å². The van der Waals surface area contributed by atoms with Gasteiger partial charge in [-0.25, -0.2) is 4.79 Å². The molecule has 0 radical (unpaired) electrons. The highest BCUT2D eigenvalue weighted by atomic mass is 16.7. The van der Waals surface area contributed by atoms with E-state index in [2.05, 4.69) is 30.3 Å². The van der Waals surface area contributed by atoms with Crippen LogP contribution >= 0.6 is 0 Å². The lowest BCUT2D eigenvalue weighted by molar-refractivity contribution is -0.0756. The molecule has 1 heterocycles. The van der Waals surface area contributed by atoms with Crippen LogP contribution < -0.4 is 0 Å². The van der Waals surface area contributed by atoms with Gasteiger partial charge in [0.2, 0.25) is 0 Å². The number of amides is 1. The minimum Gasteiger partial charge on any atom is -0.422 e. The van der Waals surface area contributed by atoms with Crippen molar-refractivity contribution in [3.63, 3.8) is 0 Å². The summed E-state index contributed by atoms with van der Waals surface area (Å²) in [7, 11) is 0. The zero-order chi connectivity index (χ0) is 15.2. The summed E-state index contributed by atoms with van der Waals surface area (Å²) in [6, 6.07) is 10.7. The zero-order valence-electron chi connectivity index (χ0n) is 13.1. The van der Waals surface area contributed by atoms with E-state index in [1.807, 2.05) is 0 Å². The Balaban J connectivity index is 1.35. The summed E-state index contributed by atoms with van der Waals surface area (Å²) in [5.41, 5.74) is 1.43. The predicted molar refractivity (Wildman–Crippen MR) is 84.7 cm³/mol. The Morgan fingerprint density at radius 3 is 2.41 bits per heavy atom. The first-order valence-corrected chi connectivity index (χ1v) is 8.41. The van der Waals surface area contributed by atoms with Crippen molar-refractivity contribution in [2.45, 2.75) is 50.5 Å². The van der Waals surface area contributed by atoms with Crippen molar-refractivity contribution >= 4 is 6.09 Å².